The van der Waals surface area contributed by atoms with Gasteiger partial charge in [-0.05, 0) is 48.9 Å². The van der Waals surface area contributed by atoms with Crippen LogP contribution in [0.15, 0.2) is 18.2 Å². The summed E-state index contributed by atoms with van der Waals surface area (Å²) in [5, 5.41) is 5.19. The van der Waals surface area contributed by atoms with Crippen LogP contribution in [0.2, 0.25) is 10.0 Å². The lowest BCUT2D eigenvalue weighted by Gasteiger charge is -2.43. The van der Waals surface area contributed by atoms with E-state index in [1.54, 1.807) is 0 Å². The quantitative estimate of drug-likeness (QED) is 0.830. The Kier molecular flexibility index (Phi) is 3.96. The lowest BCUT2D eigenvalue weighted by atomic mass is 9.69. The van der Waals surface area contributed by atoms with Gasteiger partial charge in [0.2, 0.25) is 0 Å². The highest BCUT2D eigenvalue weighted by Gasteiger charge is 2.43. The van der Waals surface area contributed by atoms with E-state index < -0.39 is 0 Å². The summed E-state index contributed by atoms with van der Waals surface area (Å²) in [5.74, 6) is 0. The first-order valence-corrected chi connectivity index (χ1v) is 7.29. The number of hydrogen-bond donors (Lipinski definition) is 1. The molecule has 1 aliphatic rings. The number of rotatable bonds is 2. The van der Waals surface area contributed by atoms with Crippen LogP contribution in [0.25, 0.3) is 0 Å². The predicted molar refractivity (Wildman–Crippen MR) is 79.6 cm³/mol. The highest BCUT2D eigenvalue weighted by Crippen LogP contribution is 2.41. The van der Waals surface area contributed by atoms with Gasteiger partial charge in [-0.2, -0.15) is 0 Å². The maximum atomic E-state index is 6.31. The first-order valence-electron chi connectivity index (χ1n) is 6.53. The molecule has 0 radical (unpaired) electrons. The molecule has 0 saturated carbocycles. The van der Waals surface area contributed by atoms with E-state index in [1.165, 1.54) is 18.4 Å². The molecule has 1 fully saturated rings. The van der Waals surface area contributed by atoms with Gasteiger partial charge in [-0.15, -0.1) is 0 Å². The summed E-state index contributed by atoms with van der Waals surface area (Å²) < 4.78 is 0. The molecule has 1 atom stereocenters. The van der Waals surface area contributed by atoms with Crippen LogP contribution in [0.3, 0.4) is 0 Å². The first-order chi connectivity index (χ1) is 8.34. The van der Waals surface area contributed by atoms with E-state index >= 15 is 0 Å². The SMILES string of the molecule is CC(C)(C)C1(Cc2ccc(Cl)cc2Cl)CCCN1. The van der Waals surface area contributed by atoms with Crippen LogP contribution in [-0.4, -0.2) is 12.1 Å². The molecule has 0 amide bonds. The lowest BCUT2D eigenvalue weighted by Crippen LogP contribution is -2.52. The van der Waals surface area contributed by atoms with Crippen molar-refractivity contribution in [2.45, 2.75) is 45.6 Å². The third-order valence-electron chi connectivity index (χ3n) is 4.19. The van der Waals surface area contributed by atoms with E-state index in [0.717, 1.165) is 18.0 Å². The minimum absolute atomic E-state index is 0.143. The van der Waals surface area contributed by atoms with E-state index in [9.17, 15) is 0 Å². The van der Waals surface area contributed by atoms with Gasteiger partial charge in [0.25, 0.3) is 0 Å². The minimum Gasteiger partial charge on any atom is -0.310 e. The zero-order valence-corrected chi connectivity index (χ0v) is 12.8. The molecular formula is C15H21Cl2N. The van der Waals surface area contributed by atoms with Crippen LogP contribution in [0, 0.1) is 5.41 Å². The Bertz CT molecular complexity index is 429. The molecule has 3 heteroatoms. The summed E-state index contributed by atoms with van der Waals surface area (Å²) in [6.45, 7) is 8.00. The molecule has 1 saturated heterocycles. The van der Waals surface area contributed by atoms with Crippen molar-refractivity contribution in [1.29, 1.82) is 0 Å². The van der Waals surface area contributed by atoms with E-state index in [1.807, 2.05) is 12.1 Å². The van der Waals surface area contributed by atoms with Crippen molar-refractivity contribution in [3.63, 3.8) is 0 Å². The molecule has 1 nitrogen and oxygen atoms in total. The average molecular weight is 286 g/mol. The van der Waals surface area contributed by atoms with E-state index in [-0.39, 0.29) is 11.0 Å². The lowest BCUT2D eigenvalue weighted by molar-refractivity contribution is 0.159. The Labute approximate surface area is 120 Å². The van der Waals surface area contributed by atoms with Gasteiger partial charge in [-0.1, -0.05) is 50.0 Å². The molecule has 18 heavy (non-hydrogen) atoms. The van der Waals surface area contributed by atoms with Crippen molar-refractivity contribution in [3.05, 3.63) is 33.8 Å². The Balaban J connectivity index is 2.30. The highest BCUT2D eigenvalue weighted by atomic mass is 35.5. The van der Waals surface area contributed by atoms with Crippen LogP contribution in [0.4, 0.5) is 0 Å². The molecule has 0 bridgehead atoms. The number of nitrogens with one attached hydrogen (secondary N) is 1. The van der Waals surface area contributed by atoms with E-state index in [2.05, 4.69) is 32.2 Å². The summed E-state index contributed by atoms with van der Waals surface area (Å²) in [6, 6.07) is 5.82. The standard InChI is InChI=1S/C15H21Cl2N/c1-14(2,3)15(7-4-8-18-15)10-11-5-6-12(16)9-13(11)17/h5-6,9,18H,4,7-8,10H2,1-3H3. The van der Waals surface area contributed by atoms with Crippen LogP contribution >= 0.6 is 23.2 Å². The van der Waals surface area contributed by atoms with Gasteiger partial charge in [-0.25, -0.2) is 0 Å². The van der Waals surface area contributed by atoms with Crippen molar-refractivity contribution in [1.82, 2.24) is 5.32 Å². The molecule has 1 N–H and O–H groups in total. The van der Waals surface area contributed by atoms with Crippen molar-refractivity contribution in [2.24, 2.45) is 5.41 Å². The zero-order chi connectivity index (χ0) is 13.4. The van der Waals surface area contributed by atoms with Crippen LogP contribution in [0.5, 0.6) is 0 Å². The minimum atomic E-state index is 0.143. The van der Waals surface area contributed by atoms with Gasteiger partial charge in [0.05, 0.1) is 0 Å². The molecule has 0 aliphatic carbocycles. The Morgan fingerprint density at radius 3 is 2.50 bits per heavy atom. The molecule has 1 unspecified atom stereocenters. The smallest absolute Gasteiger partial charge is 0.0453 e. The molecule has 0 spiro atoms. The second-order valence-electron chi connectivity index (χ2n) is 6.27. The van der Waals surface area contributed by atoms with E-state index in [4.69, 9.17) is 23.2 Å². The number of benzene rings is 1. The molecule has 100 valence electrons. The highest BCUT2D eigenvalue weighted by molar-refractivity contribution is 6.35. The van der Waals surface area contributed by atoms with Crippen molar-refractivity contribution in [2.75, 3.05) is 6.54 Å². The first kappa shape index (κ1) is 14.2. The summed E-state index contributed by atoms with van der Waals surface area (Å²) in [7, 11) is 0. The second-order valence-corrected chi connectivity index (χ2v) is 7.12. The fourth-order valence-corrected chi connectivity index (χ4v) is 3.33. The van der Waals surface area contributed by atoms with Crippen molar-refractivity contribution < 1.29 is 0 Å². The molecule has 1 aromatic rings. The van der Waals surface area contributed by atoms with Gasteiger partial charge in [0.1, 0.15) is 0 Å². The van der Waals surface area contributed by atoms with Crippen LogP contribution < -0.4 is 5.32 Å². The maximum absolute atomic E-state index is 6.31. The summed E-state index contributed by atoms with van der Waals surface area (Å²) in [5.41, 5.74) is 1.54. The van der Waals surface area contributed by atoms with Crippen LogP contribution in [-0.2, 0) is 6.42 Å². The van der Waals surface area contributed by atoms with Gasteiger partial charge in [-0.3, -0.25) is 0 Å². The molecule has 1 aliphatic heterocycles. The van der Waals surface area contributed by atoms with Gasteiger partial charge in [0.15, 0.2) is 0 Å². The van der Waals surface area contributed by atoms with Gasteiger partial charge < -0.3 is 5.32 Å². The maximum Gasteiger partial charge on any atom is 0.0453 e. The normalized spacial score (nSPS) is 24.5. The molecule has 0 aromatic heterocycles. The fourth-order valence-electron chi connectivity index (χ4n) is 2.85. The third-order valence-corrected chi connectivity index (χ3v) is 4.77. The Morgan fingerprint density at radius 1 is 1.28 bits per heavy atom. The zero-order valence-electron chi connectivity index (χ0n) is 11.3. The largest absolute Gasteiger partial charge is 0.310 e. The molecular weight excluding hydrogens is 265 g/mol. The van der Waals surface area contributed by atoms with Crippen LogP contribution in [0.1, 0.15) is 39.2 Å². The third kappa shape index (κ3) is 2.68. The Hall–Kier alpha value is -0.240. The Morgan fingerprint density at radius 2 is 2.00 bits per heavy atom. The fraction of sp³-hybridized carbons (Fsp3) is 0.600. The summed E-state index contributed by atoms with van der Waals surface area (Å²) in [4.78, 5) is 0. The number of hydrogen-bond acceptors (Lipinski definition) is 1. The predicted octanol–water partition coefficient (Wildman–Crippen LogP) is 4.70. The van der Waals surface area contributed by atoms with Gasteiger partial charge in [0, 0.05) is 15.6 Å². The molecule has 1 heterocycles. The van der Waals surface area contributed by atoms with Crippen molar-refractivity contribution >= 4 is 23.2 Å². The second kappa shape index (κ2) is 5.03. The van der Waals surface area contributed by atoms with Gasteiger partial charge >= 0.3 is 0 Å². The summed E-state index contributed by atoms with van der Waals surface area (Å²) >= 11 is 12.3. The average Bonchev–Trinajstić information content (AvgIpc) is 2.71. The summed E-state index contributed by atoms with van der Waals surface area (Å²) in [6.07, 6.45) is 3.41. The topological polar surface area (TPSA) is 12.0 Å². The number of halogens is 2. The monoisotopic (exact) mass is 285 g/mol. The van der Waals surface area contributed by atoms with E-state index in [0.29, 0.717) is 5.02 Å². The molecule has 1 aromatic carbocycles. The van der Waals surface area contributed by atoms with Crippen molar-refractivity contribution in [3.8, 4) is 0 Å². The molecule has 2 rings (SSSR count).